The van der Waals surface area contributed by atoms with Crippen molar-refractivity contribution in [2.75, 3.05) is 25.3 Å². The molecule has 1 aliphatic rings. The van der Waals surface area contributed by atoms with E-state index in [2.05, 4.69) is 5.32 Å². The molecule has 1 heterocycles. The van der Waals surface area contributed by atoms with Gasteiger partial charge >= 0.3 is 0 Å². The van der Waals surface area contributed by atoms with E-state index in [0.29, 0.717) is 23.6 Å². The fourth-order valence-corrected chi connectivity index (χ4v) is 4.08. The van der Waals surface area contributed by atoms with Gasteiger partial charge in [-0.3, -0.25) is 9.79 Å². The van der Waals surface area contributed by atoms with Gasteiger partial charge in [0, 0.05) is 18.2 Å². The minimum Gasteiger partial charge on any atom is -0.493 e. The van der Waals surface area contributed by atoms with E-state index in [1.165, 1.54) is 23.9 Å². The molecule has 0 atom stereocenters. The first kappa shape index (κ1) is 22.5. The quantitative estimate of drug-likeness (QED) is 0.504. The number of hydrogen-bond donors (Lipinski definition) is 1. The maximum Gasteiger partial charge on any atom is 0.234 e. The number of aliphatic imine (C=N–C) groups is 2. The molecule has 0 spiro atoms. The van der Waals surface area contributed by atoms with Crippen LogP contribution in [-0.4, -0.2) is 36.6 Å². The zero-order chi connectivity index (χ0) is 23.2. The highest BCUT2D eigenvalue weighted by Gasteiger charge is 2.17. The molecular weight excluding hydrogens is 441 g/mol. The van der Waals surface area contributed by atoms with Crippen LogP contribution < -0.4 is 14.8 Å². The summed E-state index contributed by atoms with van der Waals surface area (Å²) in [5, 5.41) is 3.62. The lowest BCUT2D eigenvalue weighted by Gasteiger charge is -2.11. The third-order valence-corrected chi connectivity index (χ3v) is 5.89. The number of carbonyl (C=O) groups is 1. The molecule has 6 nitrogen and oxygen atoms in total. The third kappa shape index (κ3) is 5.59. The highest BCUT2D eigenvalue weighted by atomic mass is 32.2. The summed E-state index contributed by atoms with van der Waals surface area (Å²) >= 11 is 1.35. The molecule has 1 aliphatic heterocycles. The molecule has 0 bridgehead atoms. The monoisotopic (exact) mass is 463 g/mol. The zero-order valence-electron chi connectivity index (χ0n) is 18.2. The number of carbonyl (C=O) groups excluding carboxylic acids is 1. The Morgan fingerprint density at radius 2 is 1.67 bits per heavy atom. The highest BCUT2D eigenvalue weighted by molar-refractivity contribution is 8.14. The van der Waals surface area contributed by atoms with Gasteiger partial charge in [-0.1, -0.05) is 24.3 Å². The second-order valence-corrected chi connectivity index (χ2v) is 8.19. The number of nitrogens with zero attached hydrogens (tertiary/aromatic N) is 2. The third-order valence-electron chi connectivity index (χ3n) is 4.92. The van der Waals surface area contributed by atoms with Crippen LogP contribution in [0.25, 0.3) is 0 Å². The molecule has 0 saturated carbocycles. The summed E-state index contributed by atoms with van der Waals surface area (Å²) in [6.45, 7) is 0. The van der Waals surface area contributed by atoms with Gasteiger partial charge in [0.05, 0.1) is 42.1 Å². The van der Waals surface area contributed by atoms with Crippen LogP contribution >= 0.6 is 11.8 Å². The van der Waals surface area contributed by atoms with Crippen LogP contribution in [0.5, 0.6) is 11.5 Å². The van der Waals surface area contributed by atoms with Crippen molar-refractivity contribution < 1.29 is 18.7 Å². The van der Waals surface area contributed by atoms with Crippen molar-refractivity contribution in [2.45, 2.75) is 6.42 Å². The van der Waals surface area contributed by atoms with E-state index < -0.39 is 0 Å². The topological polar surface area (TPSA) is 72.3 Å². The average molecular weight is 464 g/mol. The number of halogens is 1. The molecule has 1 N–H and O–H groups in total. The van der Waals surface area contributed by atoms with E-state index in [9.17, 15) is 9.18 Å². The first-order valence-corrected chi connectivity index (χ1v) is 11.2. The first-order valence-electron chi connectivity index (χ1n) is 10.2. The van der Waals surface area contributed by atoms with Gasteiger partial charge in [0.1, 0.15) is 5.82 Å². The molecule has 0 unspecified atom stereocenters. The zero-order valence-corrected chi connectivity index (χ0v) is 19.0. The Morgan fingerprint density at radius 3 is 2.36 bits per heavy atom. The molecule has 0 aliphatic carbocycles. The Labute approximate surface area is 195 Å². The van der Waals surface area contributed by atoms with Crippen molar-refractivity contribution >= 4 is 45.5 Å². The summed E-state index contributed by atoms with van der Waals surface area (Å²) in [6, 6.07) is 19.0. The lowest BCUT2D eigenvalue weighted by Crippen LogP contribution is -2.16. The largest absolute Gasteiger partial charge is 0.493 e. The number of methoxy groups -OCH3 is 2. The van der Waals surface area contributed by atoms with Crippen LogP contribution in [0.1, 0.15) is 12.0 Å². The van der Waals surface area contributed by atoms with E-state index in [1.807, 2.05) is 24.3 Å². The first-order chi connectivity index (χ1) is 16.1. The standard InChI is InChI=1S/C25H22FN3O3S/c1-31-22-12-11-18(13-23(22)32-2)27-24(30)15-33-25-14-21(16-7-9-17(26)10-8-16)28-19-5-3-4-6-20(19)29-25/h3-13H,14-15H2,1-2H3,(H,27,30). The van der Waals surface area contributed by atoms with Gasteiger partial charge in [-0.15, -0.1) is 11.8 Å². The van der Waals surface area contributed by atoms with Crippen molar-refractivity contribution in [3.05, 3.63) is 78.1 Å². The molecule has 3 aromatic rings. The van der Waals surface area contributed by atoms with Crippen LogP contribution in [0, 0.1) is 5.82 Å². The molecule has 3 aromatic carbocycles. The molecule has 0 radical (unpaired) electrons. The van der Waals surface area contributed by atoms with Gasteiger partial charge in [0.2, 0.25) is 5.91 Å². The van der Waals surface area contributed by atoms with Crippen LogP contribution in [-0.2, 0) is 4.79 Å². The van der Waals surface area contributed by atoms with Crippen LogP contribution in [0.15, 0.2) is 76.7 Å². The number of nitrogens with one attached hydrogen (secondary N) is 1. The number of para-hydroxylation sites is 2. The fraction of sp³-hybridized carbons (Fsp3) is 0.160. The molecule has 0 saturated heterocycles. The Balaban J connectivity index is 1.49. The predicted molar refractivity (Wildman–Crippen MR) is 131 cm³/mol. The number of ether oxygens (including phenoxy) is 2. The summed E-state index contributed by atoms with van der Waals surface area (Å²) in [6.07, 6.45) is 0.439. The van der Waals surface area contributed by atoms with E-state index in [-0.39, 0.29) is 17.5 Å². The summed E-state index contributed by atoms with van der Waals surface area (Å²) in [4.78, 5) is 22.1. The fourth-order valence-electron chi connectivity index (χ4n) is 3.31. The Kier molecular flexibility index (Phi) is 7.04. The Morgan fingerprint density at radius 1 is 0.970 bits per heavy atom. The molecule has 0 fully saturated rings. The number of amides is 1. The van der Waals surface area contributed by atoms with E-state index in [4.69, 9.17) is 19.5 Å². The molecule has 0 aromatic heterocycles. The van der Waals surface area contributed by atoms with E-state index in [0.717, 1.165) is 27.7 Å². The van der Waals surface area contributed by atoms with E-state index in [1.54, 1.807) is 44.6 Å². The highest BCUT2D eigenvalue weighted by Crippen LogP contribution is 2.34. The second kappa shape index (κ2) is 10.3. The van der Waals surface area contributed by atoms with Gasteiger partial charge in [-0.2, -0.15) is 0 Å². The van der Waals surface area contributed by atoms with Crippen molar-refractivity contribution in [1.82, 2.24) is 0 Å². The molecule has 4 rings (SSSR count). The number of thioether (sulfide) groups is 1. The maximum atomic E-state index is 13.4. The van der Waals surface area contributed by atoms with Crippen molar-refractivity contribution in [3.63, 3.8) is 0 Å². The van der Waals surface area contributed by atoms with Gasteiger partial charge in [-0.25, -0.2) is 9.38 Å². The molecular formula is C25H22FN3O3S. The second-order valence-electron chi connectivity index (χ2n) is 7.14. The normalized spacial score (nSPS) is 12.7. The number of hydrogen-bond acceptors (Lipinski definition) is 6. The predicted octanol–water partition coefficient (Wildman–Crippen LogP) is 5.77. The van der Waals surface area contributed by atoms with Gasteiger partial charge in [-0.05, 0) is 42.0 Å². The number of fused-ring (bicyclic) bond motifs is 1. The van der Waals surface area contributed by atoms with Crippen molar-refractivity contribution in [3.8, 4) is 11.5 Å². The molecule has 1 amide bonds. The van der Waals surface area contributed by atoms with Gasteiger partial charge in [0.15, 0.2) is 11.5 Å². The SMILES string of the molecule is COc1ccc(NC(=O)CSC2=Nc3ccccc3N=C(c3ccc(F)cc3)C2)cc1OC. The van der Waals surface area contributed by atoms with Crippen molar-refractivity contribution in [1.29, 1.82) is 0 Å². The number of anilines is 1. The molecule has 168 valence electrons. The lowest BCUT2D eigenvalue weighted by molar-refractivity contribution is -0.113. The summed E-state index contributed by atoms with van der Waals surface area (Å²) < 4.78 is 23.9. The molecule has 8 heteroatoms. The van der Waals surface area contributed by atoms with Crippen molar-refractivity contribution in [2.24, 2.45) is 9.98 Å². The summed E-state index contributed by atoms with van der Waals surface area (Å²) in [7, 11) is 3.10. The van der Waals surface area contributed by atoms with Gasteiger partial charge < -0.3 is 14.8 Å². The smallest absolute Gasteiger partial charge is 0.234 e. The lowest BCUT2D eigenvalue weighted by atomic mass is 10.1. The maximum absolute atomic E-state index is 13.4. The average Bonchev–Trinajstić information content (AvgIpc) is 3.02. The minimum atomic E-state index is -0.302. The number of benzene rings is 3. The van der Waals surface area contributed by atoms with Crippen LogP contribution in [0.3, 0.4) is 0 Å². The van der Waals surface area contributed by atoms with Crippen LogP contribution in [0.4, 0.5) is 21.5 Å². The minimum absolute atomic E-state index is 0.173. The van der Waals surface area contributed by atoms with Crippen LogP contribution in [0.2, 0.25) is 0 Å². The number of rotatable bonds is 6. The Bertz CT molecular complexity index is 1230. The summed E-state index contributed by atoms with van der Waals surface area (Å²) in [5.74, 6) is 0.819. The van der Waals surface area contributed by atoms with Gasteiger partial charge in [0.25, 0.3) is 0 Å². The Hall–Kier alpha value is -3.65. The molecule has 33 heavy (non-hydrogen) atoms. The van der Waals surface area contributed by atoms with E-state index >= 15 is 0 Å². The summed E-state index contributed by atoms with van der Waals surface area (Å²) in [5.41, 5.74) is 3.67.